The summed E-state index contributed by atoms with van der Waals surface area (Å²) >= 11 is 4.05. The van der Waals surface area contributed by atoms with Gasteiger partial charge in [-0.05, 0) is 25.1 Å². The van der Waals surface area contributed by atoms with Crippen molar-refractivity contribution in [3.63, 3.8) is 0 Å². The number of imidazole rings is 1. The van der Waals surface area contributed by atoms with E-state index < -0.39 is 12.0 Å². The van der Waals surface area contributed by atoms with Gasteiger partial charge in [-0.15, -0.1) is 0 Å². The fourth-order valence-corrected chi connectivity index (χ4v) is 2.21. The van der Waals surface area contributed by atoms with Gasteiger partial charge in [0.2, 0.25) is 5.76 Å². The van der Waals surface area contributed by atoms with E-state index in [9.17, 15) is 9.59 Å². The molecule has 23 heavy (non-hydrogen) atoms. The van der Waals surface area contributed by atoms with E-state index in [1.807, 2.05) is 6.92 Å². The van der Waals surface area contributed by atoms with Crippen LogP contribution in [0.1, 0.15) is 16.4 Å². The van der Waals surface area contributed by atoms with Crippen LogP contribution in [0.5, 0.6) is 0 Å². The molecule has 2 aromatic heterocycles. The number of hydrogen-bond donors (Lipinski definition) is 4. The molecule has 3 N–H and O–H groups in total. The Hall–Kier alpha value is -2.94. The van der Waals surface area contributed by atoms with Crippen molar-refractivity contribution in [1.82, 2.24) is 9.97 Å². The minimum absolute atomic E-state index is 0.210. The molecule has 2 amide bonds. The van der Waals surface area contributed by atoms with Crippen molar-refractivity contribution in [2.45, 2.75) is 6.92 Å². The number of H-pyrrole nitrogens is 1. The molecule has 2 heterocycles. The first-order chi connectivity index (χ1) is 10.9. The first-order valence-electron chi connectivity index (χ1n) is 6.52. The van der Waals surface area contributed by atoms with E-state index in [2.05, 4.69) is 28.1 Å². The summed E-state index contributed by atoms with van der Waals surface area (Å²) < 4.78 is 5.78. The number of aromatic amines is 1. The largest absolute Gasteiger partial charge is 0.475 e. The quantitative estimate of drug-likeness (QED) is 0.551. The van der Waals surface area contributed by atoms with E-state index in [1.54, 1.807) is 18.2 Å². The SMILES string of the molecule is Cc1nc2ccc(NC(=O)N(S)c3coc(C(=O)O)c3)cc2[nH]1. The lowest BCUT2D eigenvalue weighted by atomic mass is 10.3. The lowest BCUT2D eigenvalue weighted by Crippen LogP contribution is -2.26. The van der Waals surface area contributed by atoms with Gasteiger partial charge in [-0.2, -0.15) is 0 Å². The van der Waals surface area contributed by atoms with Gasteiger partial charge in [0.25, 0.3) is 0 Å². The minimum Gasteiger partial charge on any atom is -0.475 e. The number of aromatic carboxylic acids is 1. The molecule has 0 aliphatic heterocycles. The molecule has 3 aromatic rings. The van der Waals surface area contributed by atoms with Crippen LogP contribution in [0.25, 0.3) is 11.0 Å². The molecule has 0 spiro atoms. The Bertz CT molecular complexity index is 901. The summed E-state index contributed by atoms with van der Waals surface area (Å²) in [5.41, 5.74) is 2.35. The molecule has 8 nitrogen and oxygen atoms in total. The van der Waals surface area contributed by atoms with Gasteiger partial charge in [-0.3, -0.25) is 0 Å². The highest BCUT2D eigenvalue weighted by Crippen LogP contribution is 2.22. The fraction of sp³-hybridized carbons (Fsp3) is 0.0714. The van der Waals surface area contributed by atoms with Gasteiger partial charge in [-0.25, -0.2) is 18.9 Å². The number of nitrogens with zero attached hydrogens (tertiary/aromatic N) is 2. The molecule has 118 valence electrons. The number of amides is 2. The molecule has 0 aliphatic rings. The normalized spacial score (nSPS) is 10.7. The topological polar surface area (TPSA) is 111 Å². The van der Waals surface area contributed by atoms with Crippen LogP contribution in [0.4, 0.5) is 16.2 Å². The third-order valence-corrected chi connectivity index (χ3v) is 3.50. The molecule has 0 aliphatic carbocycles. The predicted octanol–water partition coefficient (Wildman–Crippen LogP) is 3.05. The molecule has 0 fully saturated rings. The van der Waals surface area contributed by atoms with E-state index in [-0.39, 0.29) is 11.4 Å². The Morgan fingerprint density at radius 3 is 2.87 bits per heavy atom. The standard InChI is InChI=1S/C14H12N4O4S/c1-7-15-10-3-2-8(4-11(10)16-7)17-14(21)18(23)9-5-12(13(19)20)22-6-9/h2-6,23H,1H3,(H,15,16)(H,17,21)(H,19,20). The number of aryl methyl sites for hydroxylation is 1. The number of carbonyl (C=O) groups is 2. The Labute approximate surface area is 135 Å². The number of furan rings is 1. The molecule has 1 aromatic carbocycles. The van der Waals surface area contributed by atoms with Gasteiger partial charge in [0.05, 0.1) is 16.7 Å². The van der Waals surface area contributed by atoms with Crippen LogP contribution in [0.3, 0.4) is 0 Å². The first kappa shape index (κ1) is 15.0. The molecular formula is C14H12N4O4S. The third-order valence-electron chi connectivity index (χ3n) is 3.08. The number of anilines is 2. The zero-order valence-corrected chi connectivity index (χ0v) is 12.8. The zero-order valence-electron chi connectivity index (χ0n) is 11.9. The summed E-state index contributed by atoms with van der Waals surface area (Å²) in [6, 6.07) is 5.88. The maximum atomic E-state index is 12.2. The van der Waals surface area contributed by atoms with Crippen LogP contribution in [-0.4, -0.2) is 27.1 Å². The van der Waals surface area contributed by atoms with Crippen molar-refractivity contribution in [1.29, 1.82) is 0 Å². The Kier molecular flexibility index (Phi) is 3.70. The summed E-state index contributed by atoms with van der Waals surface area (Å²) in [6.07, 6.45) is 1.14. The number of benzene rings is 1. The van der Waals surface area contributed by atoms with Crippen molar-refractivity contribution >= 4 is 47.2 Å². The average Bonchev–Trinajstić information content (AvgIpc) is 3.11. The van der Waals surface area contributed by atoms with E-state index in [0.717, 1.165) is 27.4 Å². The van der Waals surface area contributed by atoms with Crippen LogP contribution >= 0.6 is 12.8 Å². The number of rotatable bonds is 3. The van der Waals surface area contributed by atoms with E-state index in [0.29, 0.717) is 5.69 Å². The maximum absolute atomic E-state index is 12.2. The molecule has 0 saturated heterocycles. The second-order valence-electron chi connectivity index (χ2n) is 4.77. The molecule has 0 saturated carbocycles. The lowest BCUT2D eigenvalue weighted by molar-refractivity contribution is 0.0662. The smallest absolute Gasteiger partial charge is 0.371 e. The van der Waals surface area contributed by atoms with Crippen LogP contribution in [0, 0.1) is 6.92 Å². The summed E-state index contributed by atoms with van der Waals surface area (Å²) in [5.74, 6) is -0.724. The number of carboxylic acid groups (broad SMARTS) is 1. The van der Waals surface area contributed by atoms with Crippen molar-refractivity contribution in [3.05, 3.63) is 42.1 Å². The van der Waals surface area contributed by atoms with Gasteiger partial charge >= 0.3 is 12.0 Å². The van der Waals surface area contributed by atoms with Gasteiger partial charge in [0, 0.05) is 11.8 Å². The molecule has 9 heteroatoms. The lowest BCUT2D eigenvalue weighted by Gasteiger charge is -2.14. The van der Waals surface area contributed by atoms with Crippen LogP contribution in [0.2, 0.25) is 0 Å². The number of carbonyl (C=O) groups excluding carboxylic acids is 1. The molecule has 0 radical (unpaired) electrons. The van der Waals surface area contributed by atoms with Gasteiger partial charge in [0.15, 0.2) is 0 Å². The highest BCUT2D eigenvalue weighted by molar-refractivity contribution is 7.82. The number of thiol groups is 1. The summed E-state index contributed by atoms with van der Waals surface area (Å²) in [7, 11) is 0. The minimum atomic E-state index is -1.22. The monoisotopic (exact) mass is 332 g/mol. The van der Waals surface area contributed by atoms with E-state index in [4.69, 9.17) is 9.52 Å². The highest BCUT2D eigenvalue weighted by atomic mass is 32.1. The number of fused-ring (bicyclic) bond motifs is 1. The molecule has 0 atom stereocenters. The highest BCUT2D eigenvalue weighted by Gasteiger charge is 2.17. The molecule has 3 rings (SSSR count). The first-order valence-corrected chi connectivity index (χ1v) is 6.92. The number of hydrogen-bond acceptors (Lipinski definition) is 5. The van der Waals surface area contributed by atoms with Gasteiger partial charge < -0.3 is 19.8 Å². The fourth-order valence-electron chi connectivity index (χ4n) is 2.06. The number of urea groups is 1. The summed E-state index contributed by atoms with van der Waals surface area (Å²) in [4.78, 5) is 30.3. The molecular weight excluding hydrogens is 320 g/mol. The van der Waals surface area contributed by atoms with E-state index >= 15 is 0 Å². The van der Waals surface area contributed by atoms with Crippen LogP contribution < -0.4 is 9.62 Å². The molecule has 0 bridgehead atoms. The maximum Gasteiger partial charge on any atom is 0.371 e. The second kappa shape index (κ2) is 5.69. The molecule has 0 unspecified atom stereocenters. The van der Waals surface area contributed by atoms with Gasteiger partial charge in [0.1, 0.15) is 12.1 Å². The van der Waals surface area contributed by atoms with Crippen molar-refractivity contribution in [2.75, 3.05) is 9.62 Å². The third kappa shape index (κ3) is 2.99. The summed E-state index contributed by atoms with van der Waals surface area (Å²) in [6.45, 7) is 1.84. The van der Waals surface area contributed by atoms with Crippen LogP contribution in [-0.2, 0) is 0 Å². The number of aromatic nitrogens is 2. The van der Waals surface area contributed by atoms with E-state index in [1.165, 1.54) is 6.07 Å². The Balaban J connectivity index is 1.77. The van der Waals surface area contributed by atoms with Crippen LogP contribution in [0.15, 0.2) is 34.9 Å². The van der Waals surface area contributed by atoms with Crippen molar-refractivity contribution < 1.29 is 19.1 Å². The Morgan fingerprint density at radius 1 is 1.39 bits per heavy atom. The predicted molar refractivity (Wildman–Crippen MR) is 87.0 cm³/mol. The zero-order chi connectivity index (χ0) is 16.6. The second-order valence-corrected chi connectivity index (χ2v) is 5.17. The number of nitrogens with one attached hydrogen (secondary N) is 2. The number of carboxylic acids is 1. The van der Waals surface area contributed by atoms with Crippen molar-refractivity contribution in [2.24, 2.45) is 0 Å². The summed E-state index contributed by atoms with van der Waals surface area (Å²) in [5, 5.41) is 11.5. The van der Waals surface area contributed by atoms with Gasteiger partial charge in [-0.1, -0.05) is 12.8 Å². The van der Waals surface area contributed by atoms with Crippen molar-refractivity contribution in [3.8, 4) is 0 Å². The average molecular weight is 332 g/mol. The Morgan fingerprint density at radius 2 is 2.17 bits per heavy atom.